The van der Waals surface area contributed by atoms with E-state index in [0.717, 1.165) is 5.56 Å². The lowest BCUT2D eigenvalue weighted by Gasteiger charge is -2.18. The molecule has 0 fully saturated rings. The standard InChI is InChI=1S/C21H25NO5/c1-5-19(27-17-9-7-8-16(13-17)25-4)20(23)22-18-11-10-15(12-14(18)3)21(24)26-6-2/h7-13,19H,5-6H2,1-4H3,(H,22,23)/t19-/m1/s1. The topological polar surface area (TPSA) is 73.9 Å². The third-order valence-electron chi connectivity index (χ3n) is 3.98. The van der Waals surface area contributed by atoms with Gasteiger partial charge in [-0.3, -0.25) is 4.79 Å². The van der Waals surface area contributed by atoms with Crippen molar-refractivity contribution in [2.24, 2.45) is 0 Å². The first kappa shape index (κ1) is 20.3. The number of carbonyl (C=O) groups excluding carboxylic acids is 2. The number of carbonyl (C=O) groups is 2. The van der Waals surface area contributed by atoms with Gasteiger partial charge >= 0.3 is 5.97 Å². The highest BCUT2D eigenvalue weighted by Gasteiger charge is 2.20. The lowest BCUT2D eigenvalue weighted by atomic mass is 10.1. The molecule has 0 saturated carbocycles. The monoisotopic (exact) mass is 371 g/mol. The van der Waals surface area contributed by atoms with E-state index in [9.17, 15) is 9.59 Å². The Morgan fingerprint density at radius 3 is 2.44 bits per heavy atom. The van der Waals surface area contributed by atoms with Crippen molar-refractivity contribution in [1.82, 2.24) is 0 Å². The van der Waals surface area contributed by atoms with E-state index in [1.165, 1.54) is 0 Å². The molecule has 2 aromatic rings. The Morgan fingerprint density at radius 1 is 1.07 bits per heavy atom. The minimum absolute atomic E-state index is 0.257. The van der Waals surface area contributed by atoms with E-state index in [0.29, 0.717) is 35.8 Å². The molecule has 0 spiro atoms. The van der Waals surface area contributed by atoms with Gasteiger partial charge in [0, 0.05) is 11.8 Å². The summed E-state index contributed by atoms with van der Waals surface area (Å²) in [5, 5.41) is 2.86. The number of esters is 1. The highest BCUT2D eigenvalue weighted by molar-refractivity contribution is 5.96. The molecular weight excluding hydrogens is 346 g/mol. The van der Waals surface area contributed by atoms with Crippen molar-refractivity contribution in [2.45, 2.75) is 33.3 Å². The Hall–Kier alpha value is -3.02. The van der Waals surface area contributed by atoms with Crippen LogP contribution in [0, 0.1) is 6.92 Å². The molecule has 0 unspecified atom stereocenters. The van der Waals surface area contributed by atoms with E-state index in [1.54, 1.807) is 50.4 Å². The van der Waals surface area contributed by atoms with Crippen LogP contribution in [-0.4, -0.2) is 31.7 Å². The number of benzene rings is 2. The van der Waals surface area contributed by atoms with Crippen molar-refractivity contribution in [2.75, 3.05) is 19.0 Å². The number of aryl methyl sites for hydroxylation is 1. The Labute approximate surface area is 159 Å². The zero-order chi connectivity index (χ0) is 19.8. The SMILES string of the molecule is CCOC(=O)c1ccc(NC(=O)[C@@H](CC)Oc2cccc(OC)c2)c(C)c1. The van der Waals surface area contributed by atoms with Gasteiger partial charge in [-0.25, -0.2) is 4.79 Å². The third-order valence-corrected chi connectivity index (χ3v) is 3.98. The predicted octanol–water partition coefficient (Wildman–Crippen LogP) is 3.98. The summed E-state index contributed by atoms with van der Waals surface area (Å²) in [6.45, 7) is 5.77. The normalized spacial score (nSPS) is 11.4. The van der Waals surface area contributed by atoms with Gasteiger partial charge < -0.3 is 19.5 Å². The maximum atomic E-state index is 12.6. The van der Waals surface area contributed by atoms with Gasteiger partial charge in [-0.05, 0) is 56.2 Å². The number of amides is 1. The highest BCUT2D eigenvalue weighted by Crippen LogP contribution is 2.22. The molecule has 0 radical (unpaired) electrons. The highest BCUT2D eigenvalue weighted by atomic mass is 16.5. The van der Waals surface area contributed by atoms with Crippen LogP contribution in [0.15, 0.2) is 42.5 Å². The van der Waals surface area contributed by atoms with Gasteiger partial charge in [0.15, 0.2) is 6.10 Å². The number of hydrogen-bond acceptors (Lipinski definition) is 5. The van der Waals surface area contributed by atoms with Crippen LogP contribution >= 0.6 is 0 Å². The number of hydrogen-bond donors (Lipinski definition) is 1. The lowest BCUT2D eigenvalue weighted by Crippen LogP contribution is -2.32. The average Bonchev–Trinajstić information content (AvgIpc) is 2.67. The number of anilines is 1. The molecule has 2 rings (SSSR count). The molecule has 0 aliphatic carbocycles. The molecule has 0 aliphatic heterocycles. The number of nitrogens with one attached hydrogen (secondary N) is 1. The van der Waals surface area contributed by atoms with Crippen molar-refractivity contribution >= 4 is 17.6 Å². The van der Waals surface area contributed by atoms with Crippen molar-refractivity contribution in [1.29, 1.82) is 0 Å². The fraction of sp³-hybridized carbons (Fsp3) is 0.333. The summed E-state index contributed by atoms with van der Waals surface area (Å²) in [5.41, 5.74) is 1.85. The van der Waals surface area contributed by atoms with Gasteiger partial charge in [-0.1, -0.05) is 13.0 Å². The summed E-state index contributed by atoms with van der Waals surface area (Å²) in [5.74, 6) is 0.581. The van der Waals surface area contributed by atoms with Crippen LogP contribution in [0.1, 0.15) is 36.2 Å². The van der Waals surface area contributed by atoms with Crippen molar-refractivity contribution < 1.29 is 23.8 Å². The van der Waals surface area contributed by atoms with Gasteiger partial charge in [0.1, 0.15) is 11.5 Å². The van der Waals surface area contributed by atoms with Crippen molar-refractivity contribution in [3.63, 3.8) is 0 Å². The Bertz CT molecular complexity index is 803. The summed E-state index contributed by atoms with van der Waals surface area (Å²) < 4.78 is 16.0. The van der Waals surface area contributed by atoms with Crippen LogP contribution in [0.25, 0.3) is 0 Å². The number of methoxy groups -OCH3 is 1. The van der Waals surface area contributed by atoms with E-state index >= 15 is 0 Å². The summed E-state index contributed by atoms with van der Waals surface area (Å²) in [6.07, 6.45) is -0.149. The van der Waals surface area contributed by atoms with Crippen LogP contribution in [0.4, 0.5) is 5.69 Å². The summed E-state index contributed by atoms with van der Waals surface area (Å²) >= 11 is 0. The van der Waals surface area contributed by atoms with Gasteiger partial charge in [0.2, 0.25) is 0 Å². The third kappa shape index (κ3) is 5.48. The predicted molar refractivity (Wildman–Crippen MR) is 103 cm³/mol. The smallest absolute Gasteiger partial charge is 0.338 e. The minimum atomic E-state index is -0.652. The molecular formula is C21H25NO5. The second-order valence-corrected chi connectivity index (χ2v) is 5.93. The molecule has 6 nitrogen and oxygen atoms in total. The van der Waals surface area contributed by atoms with Gasteiger partial charge in [-0.15, -0.1) is 0 Å². The Balaban J connectivity index is 2.08. The summed E-state index contributed by atoms with van der Waals surface area (Å²) in [6, 6.07) is 12.1. The molecule has 1 amide bonds. The maximum Gasteiger partial charge on any atom is 0.338 e. The van der Waals surface area contributed by atoms with Gasteiger partial charge in [0.25, 0.3) is 5.91 Å². The van der Waals surface area contributed by atoms with Crippen LogP contribution in [0.5, 0.6) is 11.5 Å². The second kappa shape index (κ2) is 9.62. The molecule has 144 valence electrons. The van der Waals surface area contributed by atoms with E-state index in [2.05, 4.69) is 5.32 Å². The minimum Gasteiger partial charge on any atom is -0.497 e. The van der Waals surface area contributed by atoms with Crippen LogP contribution in [0.3, 0.4) is 0 Å². The van der Waals surface area contributed by atoms with Crippen LogP contribution in [-0.2, 0) is 9.53 Å². The first-order valence-corrected chi connectivity index (χ1v) is 8.87. The fourth-order valence-corrected chi connectivity index (χ4v) is 2.52. The number of ether oxygens (including phenoxy) is 3. The lowest BCUT2D eigenvalue weighted by molar-refractivity contribution is -0.122. The molecule has 2 aromatic carbocycles. The van der Waals surface area contributed by atoms with E-state index in [1.807, 2.05) is 19.9 Å². The van der Waals surface area contributed by atoms with Crippen LogP contribution in [0.2, 0.25) is 0 Å². The Kier molecular flexibility index (Phi) is 7.23. The van der Waals surface area contributed by atoms with Crippen molar-refractivity contribution in [3.05, 3.63) is 53.6 Å². The molecule has 6 heteroatoms. The van der Waals surface area contributed by atoms with E-state index in [-0.39, 0.29) is 11.9 Å². The zero-order valence-corrected chi connectivity index (χ0v) is 16.1. The maximum absolute atomic E-state index is 12.6. The van der Waals surface area contributed by atoms with E-state index < -0.39 is 6.10 Å². The first-order chi connectivity index (χ1) is 13.0. The van der Waals surface area contributed by atoms with Gasteiger partial charge in [-0.2, -0.15) is 0 Å². The molecule has 27 heavy (non-hydrogen) atoms. The molecule has 0 aromatic heterocycles. The molecule has 1 N–H and O–H groups in total. The van der Waals surface area contributed by atoms with Crippen LogP contribution < -0.4 is 14.8 Å². The summed E-state index contributed by atoms with van der Waals surface area (Å²) in [4.78, 5) is 24.4. The molecule has 0 heterocycles. The fourth-order valence-electron chi connectivity index (χ4n) is 2.52. The molecule has 0 bridgehead atoms. The van der Waals surface area contributed by atoms with Crippen molar-refractivity contribution in [3.8, 4) is 11.5 Å². The number of rotatable bonds is 8. The molecule has 1 atom stereocenters. The largest absolute Gasteiger partial charge is 0.497 e. The Morgan fingerprint density at radius 2 is 1.81 bits per heavy atom. The quantitative estimate of drug-likeness (QED) is 0.711. The second-order valence-electron chi connectivity index (χ2n) is 5.93. The molecule has 0 aliphatic rings. The molecule has 0 saturated heterocycles. The average molecular weight is 371 g/mol. The van der Waals surface area contributed by atoms with E-state index in [4.69, 9.17) is 14.2 Å². The van der Waals surface area contributed by atoms with Gasteiger partial charge in [0.05, 0.1) is 19.3 Å². The summed E-state index contributed by atoms with van der Waals surface area (Å²) in [7, 11) is 1.58. The first-order valence-electron chi connectivity index (χ1n) is 8.87. The zero-order valence-electron chi connectivity index (χ0n) is 16.1.